The lowest BCUT2D eigenvalue weighted by Crippen LogP contribution is -2.09. The molecule has 0 unspecified atom stereocenters. The first kappa shape index (κ1) is 19.3. The first-order valence-electron chi connectivity index (χ1n) is 11.3. The molecule has 0 spiro atoms. The van der Waals surface area contributed by atoms with Crippen LogP contribution in [0, 0.1) is 0 Å². The van der Waals surface area contributed by atoms with E-state index in [1.54, 1.807) is 0 Å². The van der Waals surface area contributed by atoms with Gasteiger partial charge in [0, 0.05) is 17.1 Å². The van der Waals surface area contributed by atoms with E-state index >= 15 is 0 Å². The summed E-state index contributed by atoms with van der Waals surface area (Å²) in [5, 5.41) is 5.14. The molecule has 0 amide bonds. The number of hydrogen-bond acceptors (Lipinski definition) is 1. The molecule has 1 nitrogen and oxygen atoms in total. The molecule has 0 saturated heterocycles. The monoisotopic (exact) mass is 421 g/mol. The van der Waals surface area contributed by atoms with Crippen LogP contribution in [0.2, 0.25) is 0 Å². The summed E-state index contributed by atoms with van der Waals surface area (Å²) in [7, 11) is 0. The van der Waals surface area contributed by atoms with Crippen molar-refractivity contribution in [2.45, 2.75) is 0 Å². The molecule has 0 saturated carbocycles. The summed E-state index contributed by atoms with van der Waals surface area (Å²) in [6.07, 6.45) is 0. The fraction of sp³-hybridized carbons (Fsp3) is 0. The summed E-state index contributed by atoms with van der Waals surface area (Å²) in [4.78, 5) is 2.30. The third-order valence-electron chi connectivity index (χ3n) is 6.21. The molecular weight excluding hydrogens is 398 g/mol. The van der Waals surface area contributed by atoms with Gasteiger partial charge in [-0.3, -0.25) is 0 Å². The van der Waals surface area contributed by atoms with Crippen LogP contribution in [0.1, 0.15) is 0 Å². The quantitative estimate of drug-likeness (QED) is 0.256. The van der Waals surface area contributed by atoms with Gasteiger partial charge in [-0.1, -0.05) is 97.1 Å². The van der Waals surface area contributed by atoms with Crippen molar-refractivity contribution >= 4 is 38.6 Å². The van der Waals surface area contributed by atoms with Gasteiger partial charge >= 0.3 is 0 Å². The van der Waals surface area contributed by atoms with E-state index in [0.29, 0.717) is 0 Å². The Balaban J connectivity index is 1.47. The standard InChI is InChI=1S/C32H23N/c1-3-12-28(13-4-1)33(29-14-5-2-6-15-29)30-16-9-11-25(23-30)26-20-21-32-27(22-26)19-18-24-10-7-8-17-31(24)32/h1-23H. The molecule has 156 valence electrons. The highest BCUT2D eigenvalue weighted by atomic mass is 15.1. The summed E-state index contributed by atoms with van der Waals surface area (Å²) in [5.41, 5.74) is 5.86. The topological polar surface area (TPSA) is 3.24 Å². The van der Waals surface area contributed by atoms with Crippen molar-refractivity contribution in [1.29, 1.82) is 0 Å². The number of fused-ring (bicyclic) bond motifs is 3. The zero-order valence-electron chi connectivity index (χ0n) is 18.2. The third kappa shape index (κ3) is 3.64. The Morgan fingerprint density at radius 2 is 0.909 bits per heavy atom. The van der Waals surface area contributed by atoms with Gasteiger partial charge in [-0.25, -0.2) is 0 Å². The zero-order chi connectivity index (χ0) is 22.0. The molecule has 0 atom stereocenters. The first-order chi connectivity index (χ1) is 16.4. The SMILES string of the molecule is c1ccc(N(c2ccccc2)c2cccc(-c3ccc4c(ccc5ccccc54)c3)c2)cc1. The largest absolute Gasteiger partial charge is 0.310 e. The number of nitrogens with zero attached hydrogens (tertiary/aromatic N) is 1. The van der Waals surface area contributed by atoms with Crippen LogP contribution < -0.4 is 4.90 Å². The van der Waals surface area contributed by atoms with Gasteiger partial charge in [0.2, 0.25) is 0 Å². The normalized spacial score (nSPS) is 11.0. The van der Waals surface area contributed by atoms with E-state index in [4.69, 9.17) is 0 Å². The van der Waals surface area contributed by atoms with Gasteiger partial charge in [0.05, 0.1) is 0 Å². The van der Waals surface area contributed by atoms with Gasteiger partial charge in [0.15, 0.2) is 0 Å². The Labute approximate surface area is 194 Å². The van der Waals surface area contributed by atoms with Gasteiger partial charge in [-0.15, -0.1) is 0 Å². The Hall–Kier alpha value is -4.36. The summed E-state index contributed by atoms with van der Waals surface area (Å²) < 4.78 is 0. The van der Waals surface area contributed by atoms with E-state index in [1.165, 1.54) is 32.7 Å². The van der Waals surface area contributed by atoms with E-state index < -0.39 is 0 Å². The highest BCUT2D eigenvalue weighted by Crippen LogP contribution is 2.37. The number of para-hydroxylation sites is 2. The summed E-state index contributed by atoms with van der Waals surface area (Å²) in [6.45, 7) is 0. The molecule has 6 rings (SSSR count). The minimum Gasteiger partial charge on any atom is -0.310 e. The van der Waals surface area contributed by atoms with Crippen LogP contribution in [0.5, 0.6) is 0 Å². The molecule has 6 aromatic carbocycles. The minimum atomic E-state index is 1.14. The summed E-state index contributed by atoms with van der Waals surface area (Å²) >= 11 is 0. The highest BCUT2D eigenvalue weighted by Gasteiger charge is 2.13. The zero-order valence-corrected chi connectivity index (χ0v) is 18.2. The van der Waals surface area contributed by atoms with E-state index in [0.717, 1.165) is 17.1 Å². The second-order valence-corrected chi connectivity index (χ2v) is 8.28. The van der Waals surface area contributed by atoms with Gasteiger partial charge in [-0.05, 0) is 75.1 Å². The highest BCUT2D eigenvalue weighted by molar-refractivity contribution is 6.08. The smallest absolute Gasteiger partial charge is 0.0467 e. The fourth-order valence-electron chi connectivity index (χ4n) is 4.62. The average Bonchev–Trinajstić information content (AvgIpc) is 2.90. The van der Waals surface area contributed by atoms with Crippen LogP contribution in [0.4, 0.5) is 17.1 Å². The molecule has 0 heterocycles. The Morgan fingerprint density at radius 1 is 0.333 bits per heavy atom. The van der Waals surface area contributed by atoms with E-state index in [9.17, 15) is 0 Å². The molecule has 0 aliphatic heterocycles. The van der Waals surface area contributed by atoms with E-state index in [1.807, 2.05) is 0 Å². The van der Waals surface area contributed by atoms with Crippen molar-refractivity contribution < 1.29 is 0 Å². The number of rotatable bonds is 4. The van der Waals surface area contributed by atoms with Crippen molar-refractivity contribution in [3.63, 3.8) is 0 Å². The van der Waals surface area contributed by atoms with Gasteiger partial charge in [-0.2, -0.15) is 0 Å². The maximum atomic E-state index is 2.30. The molecule has 0 bridgehead atoms. The molecule has 0 N–H and O–H groups in total. The Kier molecular flexibility index (Phi) is 4.86. The summed E-state index contributed by atoms with van der Waals surface area (Å²) in [5.74, 6) is 0. The predicted octanol–water partition coefficient (Wildman–Crippen LogP) is 9.13. The molecule has 0 radical (unpaired) electrons. The molecule has 6 aromatic rings. The molecule has 0 aliphatic rings. The lowest BCUT2D eigenvalue weighted by molar-refractivity contribution is 1.28. The number of anilines is 3. The molecule has 33 heavy (non-hydrogen) atoms. The lowest BCUT2D eigenvalue weighted by Gasteiger charge is -2.26. The van der Waals surface area contributed by atoms with Gasteiger partial charge < -0.3 is 4.90 Å². The second kappa shape index (κ2) is 8.29. The van der Waals surface area contributed by atoms with Crippen LogP contribution in [0.25, 0.3) is 32.7 Å². The third-order valence-corrected chi connectivity index (χ3v) is 6.21. The molecule has 0 fully saturated rings. The molecule has 0 aliphatic carbocycles. The van der Waals surface area contributed by atoms with Crippen molar-refractivity contribution in [3.05, 3.63) is 140 Å². The van der Waals surface area contributed by atoms with Crippen LogP contribution in [0.3, 0.4) is 0 Å². The maximum absolute atomic E-state index is 2.30. The molecular formula is C32H23N. The maximum Gasteiger partial charge on any atom is 0.0467 e. The van der Waals surface area contributed by atoms with Gasteiger partial charge in [0.25, 0.3) is 0 Å². The van der Waals surface area contributed by atoms with Crippen molar-refractivity contribution in [2.75, 3.05) is 4.90 Å². The van der Waals surface area contributed by atoms with Crippen molar-refractivity contribution in [1.82, 2.24) is 0 Å². The average molecular weight is 422 g/mol. The minimum absolute atomic E-state index is 1.14. The van der Waals surface area contributed by atoms with E-state index in [-0.39, 0.29) is 0 Å². The molecule has 1 heteroatoms. The van der Waals surface area contributed by atoms with Crippen LogP contribution >= 0.6 is 0 Å². The lowest BCUT2D eigenvalue weighted by atomic mass is 9.97. The predicted molar refractivity (Wildman–Crippen MR) is 142 cm³/mol. The number of hydrogen-bond donors (Lipinski definition) is 0. The Morgan fingerprint density at radius 3 is 1.67 bits per heavy atom. The first-order valence-corrected chi connectivity index (χ1v) is 11.3. The van der Waals surface area contributed by atoms with E-state index in [2.05, 4.69) is 144 Å². The van der Waals surface area contributed by atoms with Crippen LogP contribution in [-0.4, -0.2) is 0 Å². The van der Waals surface area contributed by atoms with Crippen LogP contribution in [0.15, 0.2) is 140 Å². The van der Waals surface area contributed by atoms with Crippen molar-refractivity contribution in [3.8, 4) is 11.1 Å². The Bertz CT molecular complexity index is 1510. The fourth-order valence-corrected chi connectivity index (χ4v) is 4.62. The van der Waals surface area contributed by atoms with Crippen molar-refractivity contribution in [2.24, 2.45) is 0 Å². The second-order valence-electron chi connectivity index (χ2n) is 8.28. The van der Waals surface area contributed by atoms with Crippen LogP contribution in [-0.2, 0) is 0 Å². The van der Waals surface area contributed by atoms with Gasteiger partial charge in [0.1, 0.15) is 0 Å². The summed E-state index contributed by atoms with van der Waals surface area (Å²) in [6, 6.07) is 49.7. The molecule has 0 aromatic heterocycles. The number of benzene rings is 6.